The first-order valence-corrected chi connectivity index (χ1v) is 11.5. The minimum Gasteiger partial charge on any atom is -0.455 e. The van der Waals surface area contributed by atoms with Crippen molar-refractivity contribution in [3.63, 3.8) is 0 Å². The molecule has 158 valence electrons. The Morgan fingerprint density at radius 2 is 1.77 bits per heavy atom. The quantitative estimate of drug-likeness (QED) is 0.447. The Labute approximate surface area is 184 Å². The van der Waals surface area contributed by atoms with E-state index in [9.17, 15) is 8.42 Å². The van der Waals surface area contributed by atoms with E-state index in [0.717, 1.165) is 6.26 Å². The molecule has 1 aromatic heterocycles. The summed E-state index contributed by atoms with van der Waals surface area (Å²) in [5.74, 6) is 1.83. The van der Waals surface area contributed by atoms with Crippen LogP contribution in [0.5, 0.6) is 11.5 Å². The van der Waals surface area contributed by atoms with Gasteiger partial charge in [-0.25, -0.2) is 8.42 Å². The topological polar surface area (TPSA) is 99.0 Å². The number of anilines is 1. The first-order valence-electron chi connectivity index (χ1n) is 9.24. The van der Waals surface area contributed by atoms with Crippen molar-refractivity contribution in [2.45, 2.75) is 11.4 Å². The summed E-state index contributed by atoms with van der Waals surface area (Å²) in [7, 11) is -3.28. The van der Waals surface area contributed by atoms with Crippen LogP contribution in [0.25, 0.3) is 5.69 Å². The molecule has 1 heterocycles. The lowest BCUT2D eigenvalue weighted by Gasteiger charge is -2.13. The van der Waals surface area contributed by atoms with Crippen LogP contribution in [0.1, 0.15) is 5.82 Å². The van der Waals surface area contributed by atoms with E-state index >= 15 is 0 Å². The number of ether oxygens (including phenoxy) is 1. The number of nitrogens with one attached hydrogen (secondary N) is 1. The molecule has 10 heteroatoms. The Balaban J connectivity index is 1.55. The molecule has 0 fully saturated rings. The number of rotatable bonds is 7. The van der Waals surface area contributed by atoms with Gasteiger partial charge in [0, 0.05) is 11.3 Å². The molecule has 0 bridgehead atoms. The van der Waals surface area contributed by atoms with Crippen LogP contribution < -0.4 is 10.1 Å². The molecular formula is C21H18ClN5O3S. The average molecular weight is 456 g/mol. The third-order valence-corrected chi connectivity index (χ3v) is 5.76. The van der Waals surface area contributed by atoms with E-state index in [1.807, 2.05) is 30.3 Å². The lowest BCUT2D eigenvalue weighted by Crippen LogP contribution is -2.09. The van der Waals surface area contributed by atoms with Gasteiger partial charge in [-0.2, -0.15) is 4.68 Å². The monoisotopic (exact) mass is 455 g/mol. The maximum absolute atomic E-state index is 11.7. The van der Waals surface area contributed by atoms with Crippen molar-refractivity contribution in [3.05, 3.63) is 83.6 Å². The van der Waals surface area contributed by atoms with Crippen LogP contribution in [0, 0.1) is 0 Å². The summed E-state index contributed by atoms with van der Waals surface area (Å²) in [6, 6.07) is 21.0. The molecule has 0 amide bonds. The normalized spacial score (nSPS) is 11.3. The van der Waals surface area contributed by atoms with Gasteiger partial charge in [-0.15, -0.1) is 5.10 Å². The second-order valence-corrected chi connectivity index (χ2v) is 9.13. The molecular weight excluding hydrogens is 438 g/mol. The van der Waals surface area contributed by atoms with Gasteiger partial charge >= 0.3 is 0 Å². The predicted molar refractivity (Wildman–Crippen MR) is 118 cm³/mol. The zero-order valence-electron chi connectivity index (χ0n) is 16.4. The van der Waals surface area contributed by atoms with Crippen molar-refractivity contribution in [1.82, 2.24) is 20.2 Å². The summed E-state index contributed by atoms with van der Waals surface area (Å²) in [6.45, 7) is 0.284. The van der Waals surface area contributed by atoms with Gasteiger partial charge in [0.1, 0.15) is 5.75 Å². The number of aromatic nitrogens is 4. The number of sulfone groups is 1. The second kappa shape index (κ2) is 8.75. The maximum atomic E-state index is 11.7. The number of para-hydroxylation sites is 1. The number of benzene rings is 3. The largest absolute Gasteiger partial charge is 0.455 e. The Hall–Kier alpha value is -3.43. The summed E-state index contributed by atoms with van der Waals surface area (Å²) in [5, 5.41) is 15.6. The third-order valence-electron chi connectivity index (χ3n) is 4.39. The fourth-order valence-corrected chi connectivity index (χ4v) is 3.67. The molecule has 0 atom stereocenters. The highest BCUT2D eigenvalue weighted by Crippen LogP contribution is 2.32. The van der Waals surface area contributed by atoms with E-state index in [1.165, 1.54) is 16.8 Å². The summed E-state index contributed by atoms with van der Waals surface area (Å²) in [4.78, 5) is 0.227. The van der Waals surface area contributed by atoms with Crippen LogP contribution in [0.2, 0.25) is 5.02 Å². The van der Waals surface area contributed by atoms with Crippen LogP contribution in [0.3, 0.4) is 0 Å². The molecule has 1 N–H and O–H groups in total. The third kappa shape index (κ3) is 5.01. The number of halogens is 1. The molecule has 0 saturated heterocycles. The van der Waals surface area contributed by atoms with Crippen molar-refractivity contribution in [2.24, 2.45) is 0 Å². The zero-order chi connectivity index (χ0) is 21.8. The highest BCUT2D eigenvalue weighted by atomic mass is 35.5. The number of tetrazole rings is 1. The molecule has 0 spiro atoms. The summed E-state index contributed by atoms with van der Waals surface area (Å²) in [6.07, 6.45) is 1.16. The molecule has 4 aromatic rings. The van der Waals surface area contributed by atoms with E-state index in [0.29, 0.717) is 33.7 Å². The van der Waals surface area contributed by atoms with Gasteiger partial charge in [0.25, 0.3) is 0 Å². The predicted octanol–water partition coefficient (Wildman–Crippen LogP) is 4.12. The Morgan fingerprint density at radius 1 is 1.03 bits per heavy atom. The highest BCUT2D eigenvalue weighted by Gasteiger charge is 2.13. The van der Waals surface area contributed by atoms with Crippen LogP contribution in [0.4, 0.5) is 5.69 Å². The van der Waals surface area contributed by atoms with Crippen LogP contribution in [-0.2, 0) is 16.4 Å². The number of hydrogen-bond acceptors (Lipinski definition) is 7. The van der Waals surface area contributed by atoms with Crippen molar-refractivity contribution >= 4 is 27.1 Å². The summed E-state index contributed by atoms with van der Waals surface area (Å²) in [5.41, 5.74) is 1.32. The van der Waals surface area contributed by atoms with Gasteiger partial charge in [0.2, 0.25) is 0 Å². The first-order chi connectivity index (χ1) is 14.9. The van der Waals surface area contributed by atoms with Crippen molar-refractivity contribution in [1.29, 1.82) is 0 Å². The Morgan fingerprint density at radius 3 is 2.48 bits per heavy atom. The molecule has 0 aliphatic carbocycles. The maximum Gasteiger partial charge on any atom is 0.175 e. The SMILES string of the molecule is CS(=O)(=O)c1ccc(-n2nnnc2CNc2cc(Cl)ccc2Oc2ccccc2)cc1. The molecule has 4 rings (SSSR count). The van der Waals surface area contributed by atoms with Crippen molar-refractivity contribution in [2.75, 3.05) is 11.6 Å². The standard InChI is InChI=1S/C21H18ClN5O3S/c1-31(28,29)18-10-8-16(9-11-18)27-21(24-25-26-27)14-23-19-13-15(22)7-12-20(19)30-17-5-3-2-4-6-17/h2-13,23H,14H2,1H3. The number of hydrogen-bond donors (Lipinski definition) is 1. The van der Waals surface area contributed by atoms with Gasteiger partial charge in [0.15, 0.2) is 21.4 Å². The lowest BCUT2D eigenvalue weighted by atomic mass is 10.2. The molecule has 0 saturated carbocycles. The zero-order valence-corrected chi connectivity index (χ0v) is 18.0. The van der Waals surface area contributed by atoms with E-state index in [4.69, 9.17) is 16.3 Å². The van der Waals surface area contributed by atoms with E-state index < -0.39 is 9.84 Å². The molecule has 0 unspecified atom stereocenters. The average Bonchev–Trinajstić information content (AvgIpc) is 3.23. The molecule has 8 nitrogen and oxygen atoms in total. The van der Waals surface area contributed by atoms with E-state index in [2.05, 4.69) is 20.8 Å². The summed E-state index contributed by atoms with van der Waals surface area (Å²) < 4.78 is 30.8. The minimum absolute atomic E-state index is 0.227. The molecule has 31 heavy (non-hydrogen) atoms. The van der Waals surface area contributed by atoms with Crippen molar-refractivity contribution in [3.8, 4) is 17.2 Å². The lowest BCUT2D eigenvalue weighted by molar-refractivity contribution is 0.484. The van der Waals surface area contributed by atoms with Crippen molar-refractivity contribution < 1.29 is 13.2 Å². The van der Waals surface area contributed by atoms with Gasteiger partial charge in [0.05, 0.1) is 22.8 Å². The fourth-order valence-electron chi connectivity index (χ4n) is 2.87. The molecule has 3 aromatic carbocycles. The minimum atomic E-state index is -3.28. The van der Waals surface area contributed by atoms with Crippen LogP contribution in [-0.4, -0.2) is 34.9 Å². The highest BCUT2D eigenvalue weighted by molar-refractivity contribution is 7.90. The van der Waals surface area contributed by atoms with Crippen LogP contribution >= 0.6 is 11.6 Å². The van der Waals surface area contributed by atoms with E-state index in [-0.39, 0.29) is 11.4 Å². The second-order valence-electron chi connectivity index (χ2n) is 6.68. The number of nitrogens with zero attached hydrogens (tertiary/aromatic N) is 4. The van der Waals surface area contributed by atoms with Gasteiger partial charge in [-0.1, -0.05) is 29.8 Å². The smallest absolute Gasteiger partial charge is 0.175 e. The Kier molecular flexibility index (Phi) is 5.88. The fraction of sp³-hybridized carbons (Fsp3) is 0.0952. The molecule has 0 aliphatic rings. The van der Waals surface area contributed by atoms with Gasteiger partial charge in [-0.3, -0.25) is 0 Å². The molecule has 0 aliphatic heterocycles. The van der Waals surface area contributed by atoms with Gasteiger partial charge < -0.3 is 10.1 Å². The Bertz CT molecular complexity index is 1290. The first kappa shape index (κ1) is 20.8. The van der Waals surface area contributed by atoms with Crippen LogP contribution in [0.15, 0.2) is 77.7 Å². The summed E-state index contributed by atoms with van der Waals surface area (Å²) >= 11 is 6.17. The van der Waals surface area contributed by atoms with Gasteiger partial charge in [-0.05, 0) is 65.0 Å². The van der Waals surface area contributed by atoms with E-state index in [1.54, 1.807) is 30.3 Å². The molecule has 0 radical (unpaired) electrons.